The number of carbonyl (C=O) groups is 5. The van der Waals surface area contributed by atoms with Crippen LogP contribution in [0.5, 0.6) is 0 Å². The number of carbonyl (C=O) groups excluding carboxylic acids is 3. The van der Waals surface area contributed by atoms with Crippen molar-refractivity contribution in [3.63, 3.8) is 0 Å². The number of amides is 3. The Kier molecular flexibility index (Phi) is 11.3. The predicted molar refractivity (Wildman–Crippen MR) is 159 cm³/mol. The van der Waals surface area contributed by atoms with Gasteiger partial charge in [-0.15, -0.1) is 0 Å². The molecular weight excluding hydrogens is 576 g/mol. The molecule has 0 saturated carbocycles. The summed E-state index contributed by atoms with van der Waals surface area (Å²) in [5, 5.41) is 26.7. The molecule has 0 radical (unpaired) electrons. The minimum absolute atomic E-state index is 0.0243. The van der Waals surface area contributed by atoms with Crippen molar-refractivity contribution in [3.05, 3.63) is 95.8 Å². The summed E-state index contributed by atoms with van der Waals surface area (Å²) in [6, 6.07) is 15.5. The van der Waals surface area contributed by atoms with E-state index in [9.17, 15) is 29.1 Å². The first-order chi connectivity index (χ1) is 21.0. The topological polar surface area (TPSA) is 201 Å². The maximum absolute atomic E-state index is 12.1. The molecule has 0 unspecified atom stereocenters. The normalized spacial score (nSPS) is 10.1. The molecule has 0 atom stereocenters. The fourth-order valence-corrected chi connectivity index (χ4v) is 3.89. The zero-order valence-electron chi connectivity index (χ0n) is 24.0. The van der Waals surface area contributed by atoms with Crippen molar-refractivity contribution < 1.29 is 47.8 Å². The van der Waals surface area contributed by atoms with Crippen LogP contribution in [0.25, 0.3) is 0 Å². The summed E-state index contributed by atoms with van der Waals surface area (Å²) >= 11 is 0. The molecule has 0 aliphatic heterocycles. The van der Waals surface area contributed by atoms with E-state index in [4.69, 9.17) is 18.7 Å². The standard InChI is InChI=1S/C16H16N2O6.C14H14N2O4/c1-10(19)17-11-5-6-13(15(20)21)14(8-11)18(16(22)23-2)9-12-4-3-7-24-12;1-9(17)16-10-4-5-12(14(18)19)13(7-10)15-8-11-3-2-6-20-11/h3-8H,9H2,1-2H3,(H,17,19)(H,20,21);2-7,15H,8H2,1H3,(H,16,17)(H,18,19). The fraction of sp³-hybridized carbons (Fsp3) is 0.167. The molecule has 14 nitrogen and oxygen atoms in total. The van der Waals surface area contributed by atoms with Gasteiger partial charge in [-0.25, -0.2) is 14.4 Å². The Bertz CT molecular complexity index is 1610. The molecule has 4 rings (SSSR count). The Morgan fingerprint density at radius 3 is 1.82 bits per heavy atom. The Morgan fingerprint density at radius 2 is 1.32 bits per heavy atom. The monoisotopic (exact) mass is 606 g/mol. The molecule has 5 N–H and O–H groups in total. The highest BCUT2D eigenvalue weighted by Gasteiger charge is 2.24. The van der Waals surface area contributed by atoms with Crippen LogP contribution in [0.15, 0.2) is 82.0 Å². The van der Waals surface area contributed by atoms with Gasteiger partial charge < -0.3 is 39.7 Å². The third kappa shape index (κ3) is 9.24. The summed E-state index contributed by atoms with van der Waals surface area (Å²) in [6.07, 6.45) is 2.23. The number of hydrogen-bond donors (Lipinski definition) is 5. The smallest absolute Gasteiger partial charge is 0.414 e. The minimum atomic E-state index is -1.22. The van der Waals surface area contributed by atoms with E-state index in [0.717, 1.165) is 4.90 Å². The van der Waals surface area contributed by atoms with Crippen LogP contribution in [0.4, 0.5) is 27.5 Å². The van der Waals surface area contributed by atoms with E-state index in [-0.39, 0.29) is 35.2 Å². The van der Waals surface area contributed by atoms with Crippen LogP contribution in [0.2, 0.25) is 0 Å². The number of carboxylic acid groups (broad SMARTS) is 2. The number of rotatable bonds is 10. The average molecular weight is 607 g/mol. The van der Waals surface area contributed by atoms with Gasteiger partial charge in [-0.05, 0) is 60.7 Å². The summed E-state index contributed by atoms with van der Waals surface area (Å²) in [6.45, 7) is 3.05. The molecule has 2 aromatic carbocycles. The van der Waals surface area contributed by atoms with E-state index >= 15 is 0 Å². The van der Waals surface area contributed by atoms with E-state index in [1.54, 1.807) is 42.7 Å². The van der Waals surface area contributed by atoms with Gasteiger partial charge in [0.15, 0.2) is 0 Å². The quantitative estimate of drug-likeness (QED) is 0.158. The predicted octanol–water partition coefficient (Wildman–Crippen LogP) is 5.26. The van der Waals surface area contributed by atoms with Gasteiger partial charge >= 0.3 is 18.0 Å². The van der Waals surface area contributed by atoms with Crippen molar-refractivity contribution in [2.75, 3.05) is 28.0 Å². The second-order valence-electron chi connectivity index (χ2n) is 9.03. The molecule has 0 bridgehead atoms. The number of hydrogen-bond acceptors (Lipinski definition) is 9. The minimum Gasteiger partial charge on any atom is -0.478 e. The molecule has 0 saturated heterocycles. The molecule has 0 fully saturated rings. The maximum atomic E-state index is 12.1. The van der Waals surface area contributed by atoms with E-state index < -0.39 is 18.0 Å². The Balaban J connectivity index is 0.000000244. The fourth-order valence-electron chi connectivity index (χ4n) is 3.89. The van der Waals surface area contributed by atoms with Crippen LogP contribution >= 0.6 is 0 Å². The van der Waals surface area contributed by atoms with Crippen molar-refractivity contribution in [3.8, 4) is 0 Å². The zero-order chi connectivity index (χ0) is 32.2. The van der Waals surface area contributed by atoms with Gasteiger partial charge in [0.25, 0.3) is 0 Å². The van der Waals surface area contributed by atoms with Crippen LogP contribution in [-0.2, 0) is 27.4 Å². The van der Waals surface area contributed by atoms with E-state index in [1.165, 1.54) is 51.5 Å². The number of nitrogens with zero attached hydrogens (tertiary/aromatic N) is 1. The molecule has 3 amide bonds. The Hall–Kier alpha value is -6.05. The van der Waals surface area contributed by atoms with Crippen molar-refractivity contribution in [1.29, 1.82) is 0 Å². The molecule has 0 spiro atoms. The molecule has 230 valence electrons. The van der Waals surface area contributed by atoms with Crippen molar-refractivity contribution in [2.45, 2.75) is 26.9 Å². The highest BCUT2D eigenvalue weighted by molar-refractivity contribution is 6.02. The van der Waals surface area contributed by atoms with E-state index in [2.05, 4.69) is 16.0 Å². The summed E-state index contributed by atoms with van der Waals surface area (Å²) in [5.41, 5.74) is 1.41. The van der Waals surface area contributed by atoms with Crippen LogP contribution in [0, 0.1) is 0 Å². The molecule has 2 aromatic heterocycles. The second kappa shape index (κ2) is 15.3. The first-order valence-corrected chi connectivity index (χ1v) is 12.9. The third-order valence-electron chi connectivity index (χ3n) is 5.73. The van der Waals surface area contributed by atoms with Gasteiger partial charge in [-0.3, -0.25) is 14.5 Å². The van der Waals surface area contributed by atoms with Crippen LogP contribution in [0.3, 0.4) is 0 Å². The lowest BCUT2D eigenvalue weighted by Gasteiger charge is -2.22. The number of aromatic carboxylic acids is 2. The van der Waals surface area contributed by atoms with Gasteiger partial charge in [-0.2, -0.15) is 0 Å². The lowest BCUT2D eigenvalue weighted by Crippen LogP contribution is -2.31. The van der Waals surface area contributed by atoms with E-state index in [0.29, 0.717) is 35.1 Å². The molecule has 44 heavy (non-hydrogen) atoms. The summed E-state index contributed by atoms with van der Waals surface area (Å²) in [7, 11) is 1.19. The molecule has 0 aliphatic rings. The second-order valence-corrected chi connectivity index (χ2v) is 9.03. The van der Waals surface area contributed by atoms with Gasteiger partial charge in [0.2, 0.25) is 11.8 Å². The maximum Gasteiger partial charge on any atom is 0.414 e. The Morgan fingerprint density at radius 1 is 0.773 bits per heavy atom. The van der Waals surface area contributed by atoms with Crippen LogP contribution in [-0.4, -0.2) is 47.2 Å². The molecule has 4 aromatic rings. The number of furan rings is 2. The molecule has 0 aliphatic carbocycles. The highest BCUT2D eigenvalue weighted by Crippen LogP contribution is 2.28. The summed E-state index contributed by atoms with van der Waals surface area (Å²) in [5.74, 6) is -1.66. The van der Waals surface area contributed by atoms with Gasteiger partial charge in [0.05, 0.1) is 55.2 Å². The molecular formula is C30H30N4O10. The Labute approximate surface area is 251 Å². The average Bonchev–Trinajstić information content (AvgIpc) is 3.68. The molecule has 2 heterocycles. The number of carboxylic acids is 2. The SMILES string of the molecule is CC(=O)Nc1ccc(C(=O)O)c(NCc2ccco2)c1.COC(=O)N(Cc1ccco1)c1cc(NC(C)=O)ccc1C(=O)O. The van der Waals surface area contributed by atoms with Crippen LogP contribution in [0.1, 0.15) is 46.1 Å². The summed E-state index contributed by atoms with van der Waals surface area (Å²) < 4.78 is 15.1. The van der Waals surface area contributed by atoms with Crippen LogP contribution < -0.4 is 20.9 Å². The number of ether oxygens (including phenoxy) is 1. The van der Waals surface area contributed by atoms with Crippen molar-refractivity contribution in [1.82, 2.24) is 0 Å². The lowest BCUT2D eigenvalue weighted by atomic mass is 10.1. The van der Waals surface area contributed by atoms with Crippen molar-refractivity contribution >= 4 is 52.6 Å². The van der Waals surface area contributed by atoms with Gasteiger partial charge in [0.1, 0.15) is 11.5 Å². The van der Waals surface area contributed by atoms with Crippen molar-refractivity contribution in [2.24, 2.45) is 0 Å². The number of methoxy groups -OCH3 is 1. The zero-order valence-corrected chi connectivity index (χ0v) is 24.0. The first kappa shape index (κ1) is 32.5. The van der Waals surface area contributed by atoms with Gasteiger partial charge in [-0.1, -0.05) is 0 Å². The number of nitrogens with one attached hydrogen (secondary N) is 3. The lowest BCUT2D eigenvalue weighted by molar-refractivity contribution is -0.115. The largest absolute Gasteiger partial charge is 0.478 e. The van der Waals surface area contributed by atoms with Gasteiger partial charge in [0, 0.05) is 25.2 Å². The number of anilines is 4. The molecule has 14 heteroatoms. The first-order valence-electron chi connectivity index (χ1n) is 12.9. The number of benzene rings is 2. The third-order valence-corrected chi connectivity index (χ3v) is 5.73. The summed E-state index contributed by atoms with van der Waals surface area (Å²) in [4.78, 5) is 58.1. The highest BCUT2D eigenvalue weighted by atomic mass is 16.5. The van der Waals surface area contributed by atoms with E-state index in [1.807, 2.05) is 0 Å².